The highest BCUT2D eigenvalue weighted by Crippen LogP contribution is 2.21. The van der Waals surface area contributed by atoms with E-state index in [0.29, 0.717) is 25.4 Å². The van der Waals surface area contributed by atoms with E-state index in [1.54, 1.807) is 12.1 Å². The van der Waals surface area contributed by atoms with Crippen LogP contribution in [0.2, 0.25) is 0 Å². The van der Waals surface area contributed by atoms with Gasteiger partial charge < -0.3 is 19.8 Å². The standard InChI is InChI=1S/C21H30FN3O3/c22-18-4-6-19(7-5-18)24-12-14-25(15-13-24)20(26)9-11-23-10-1-2-17(16-23)3-8-21(27)28/h4-7,17H,1-3,8-16H2,(H,27,28). The third-order valence-electron chi connectivity index (χ3n) is 5.84. The van der Waals surface area contributed by atoms with Crippen molar-refractivity contribution in [2.75, 3.05) is 50.7 Å². The smallest absolute Gasteiger partial charge is 0.303 e. The minimum absolute atomic E-state index is 0.186. The number of carboxylic acids is 1. The number of anilines is 1. The number of rotatable bonds is 7. The van der Waals surface area contributed by atoms with E-state index in [1.807, 2.05) is 4.90 Å². The van der Waals surface area contributed by atoms with Crippen molar-refractivity contribution in [3.05, 3.63) is 30.1 Å². The zero-order chi connectivity index (χ0) is 19.9. The van der Waals surface area contributed by atoms with Crippen LogP contribution in [-0.4, -0.2) is 72.6 Å². The summed E-state index contributed by atoms with van der Waals surface area (Å²) in [6.45, 7) is 5.56. The highest BCUT2D eigenvalue weighted by molar-refractivity contribution is 5.76. The maximum Gasteiger partial charge on any atom is 0.303 e. The molecule has 1 aromatic rings. The van der Waals surface area contributed by atoms with E-state index in [4.69, 9.17) is 5.11 Å². The Morgan fingerprint density at radius 3 is 2.43 bits per heavy atom. The second kappa shape index (κ2) is 9.87. The number of carboxylic acid groups (broad SMARTS) is 1. The van der Waals surface area contributed by atoms with Crippen LogP contribution < -0.4 is 4.90 Å². The van der Waals surface area contributed by atoms with Crippen LogP contribution in [0.25, 0.3) is 0 Å². The van der Waals surface area contributed by atoms with Crippen LogP contribution in [0.1, 0.15) is 32.1 Å². The fraction of sp³-hybridized carbons (Fsp3) is 0.619. The number of carbonyl (C=O) groups excluding carboxylic acids is 1. The molecule has 2 saturated heterocycles. The zero-order valence-corrected chi connectivity index (χ0v) is 16.4. The molecule has 0 saturated carbocycles. The molecule has 1 aromatic carbocycles. The van der Waals surface area contributed by atoms with E-state index in [0.717, 1.165) is 57.7 Å². The quantitative estimate of drug-likeness (QED) is 0.774. The van der Waals surface area contributed by atoms with Gasteiger partial charge in [-0.25, -0.2) is 4.39 Å². The van der Waals surface area contributed by atoms with Crippen LogP contribution in [0, 0.1) is 11.7 Å². The first-order valence-corrected chi connectivity index (χ1v) is 10.2. The van der Waals surface area contributed by atoms with Gasteiger partial charge in [0.15, 0.2) is 0 Å². The summed E-state index contributed by atoms with van der Waals surface area (Å²) in [4.78, 5) is 29.7. The Morgan fingerprint density at radius 2 is 1.75 bits per heavy atom. The maximum absolute atomic E-state index is 13.1. The molecule has 154 valence electrons. The fourth-order valence-electron chi connectivity index (χ4n) is 4.20. The average molecular weight is 391 g/mol. The van der Waals surface area contributed by atoms with Crippen LogP contribution in [0.3, 0.4) is 0 Å². The second-order valence-electron chi connectivity index (χ2n) is 7.84. The molecule has 28 heavy (non-hydrogen) atoms. The van der Waals surface area contributed by atoms with Gasteiger partial charge in [-0.3, -0.25) is 9.59 Å². The Balaban J connectivity index is 1.38. The number of halogens is 1. The molecule has 0 bridgehead atoms. The van der Waals surface area contributed by atoms with Gasteiger partial charge in [-0.2, -0.15) is 0 Å². The Bertz CT molecular complexity index is 659. The zero-order valence-electron chi connectivity index (χ0n) is 16.4. The molecule has 0 spiro atoms. The highest BCUT2D eigenvalue weighted by Gasteiger charge is 2.24. The predicted octanol–water partition coefficient (Wildman–Crippen LogP) is 2.44. The molecule has 1 N–H and O–H groups in total. The first-order chi connectivity index (χ1) is 13.5. The van der Waals surface area contributed by atoms with Gasteiger partial charge in [-0.1, -0.05) is 0 Å². The van der Waals surface area contributed by atoms with Crippen LogP contribution in [-0.2, 0) is 9.59 Å². The number of aliphatic carboxylic acids is 1. The van der Waals surface area contributed by atoms with E-state index >= 15 is 0 Å². The minimum atomic E-state index is -0.730. The van der Waals surface area contributed by atoms with Gasteiger partial charge in [0.1, 0.15) is 5.82 Å². The lowest BCUT2D eigenvalue weighted by molar-refractivity contribution is -0.137. The number of piperazine rings is 1. The first kappa shape index (κ1) is 20.6. The fourth-order valence-corrected chi connectivity index (χ4v) is 4.20. The average Bonchev–Trinajstić information content (AvgIpc) is 2.71. The Kier molecular flexibility index (Phi) is 7.25. The van der Waals surface area contributed by atoms with Gasteiger partial charge >= 0.3 is 5.97 Å². The van der Waals surface area contributed by atoms with Crippen molar-refractivity contribution in [3.8, 4) is 0 Å². The number of nitrogens with zero attached hydrogens (tertiary/aromatic N) is 3. The molecule has 1 unspecified atom stereocenters. The van der Waals surface area contributed by atoms with Gasteiger partial charge in [0.05, 0.1) is 0 Å². The summed E-state index contributed by atoms with van der Waals surface area (Å²) in [7, 11) is 0. The monoisotopic (exact) mass is 391 g/mol. The van der Waals surface area contributed by atoms with Gasteiger partial charge in [0.2, 0.25) is 5.91 Å². The molecule has 2 heterocycles. The molecule has 1 atom stereocenters. The number of hydrogen-bond donors (Lipinski definition) is 1. The summed E-state index contributed by atoms with van der Waals surface area (Å²) >= 11 is 0. The Morgan fingerprint density at radius 1 is 1.04 bits per heavy atom. The maximum atomic E-state index is 13.1. The van der Waals surface area contributed by atoms with Crippen LogP contribution in [0.5, 0.6) is 0 Å². The summed E-state index contributed by atoms with van der Waals surface area (Å²) in [6, 6.07) is 6.50. The van der Waals surface area contributed by atoms with E-state index < -0.39 is 5.97 Å². The molecule has 2 aliphatic heterocycles. The number of piperidine rings is 1. The van der Waals surface area contributed by atoms with E-state index in [-0.39, 0.29) is 18.1 Å². The SMILES string of the molecule is O=C(O)CCC1CCCN(CCC(=O)N2CCN(c3ccc(F)cc3)CC2)C1. The van der Waals surface area contributed by atoms with Crippen molar-refractivity contribution in [3.63, 3.8) is 0 Å². The molecular weight excluding hydrogens is 361 g/mol. The van der Waals surface area contributed by atoms with Gasteiger partial charge in [-0.15, -0.1) is 0 Å². The second-order valence-corrected chi connectivity index (χ2v) is 7.84. The van der Waals surface area contributed by atoms with Crippen LogP contribution >= 0.6 is 0 Å². The minimum Gasteiger partial charge on any atom is -0.481 e. The van der Waals surface area contributed by atoms with Crippen LogP contribution in [0.15, 0.2) is 24.3 Å². The Hall–Kier alpha value is -2.15. The van der Waals surface area contributed by atoms with Gasteiger partial charge in [0, 0.05) is 57.8 Å². The third kappa shape index (κ3) is 5.92. The molecule has 0 aliphatic carbocycles. The summed E-state index contributed by atoms with van der Waals surface area (Å²) in [5.41, 5.74) is 0.995. The molecule has 2 fully saturated rings. The summed E-state index contributed by atoms with van der Waals surface area (Å²) < 4.78 is 13.1. The van der Waals surface area contributed by atoms with Crippen molar-refractivity contribution < 1.29 is 19.1 Å². The molecule has 7 heteroatoms. The molecule has 6 nitrogen and oxygen atoms in total. The lowest BCUT2D eigenvalue weighted by Crippen LogP contribution is -2.49. The predicted molar refractivity (Wildman–Crippen MR) is 106 cm³/mol. The van der Waals surface area contributed by atoms with Crippen molar-refractivity contribution in [1.29, 1.82) is 0 Å². The van der Waals surface area contributed by atoms with E-state index in [1.165, 1.54) is 12.1 Å². The van der Waals surface area contributed by atoms with Gasteiger partial charge in [0.25, 0.3) is 0 Å². The van der Waals surface area contributed by atoms with E-state index in [9.17, 15) is 14.0 Å². The number of carbonyl (C=O) groups is 2. The normalized spacial score (nSPS) is 21.0. The number of likely N-dealkylation sites (tertiary alicyclic amines) is 1. The van der Waals surface area contributed by atoms with Crippen molar-refractivity contribution in [1.82, 2.24) is 9.80 Å². The molecule has 0 aromatic heterocycles. The third-order valence-corrected chi connectivity index (χ3v) is 5.84. The topological polar surface area (TPSA) is 64.1 Å². The number of amides is 1. The van der Waals surface area contributed by atoms with Crippen LogP contribution in [0.4, 0.5) is 10.1 Å². The highest BCUT2D eigenvalue weighted by atomic mass is 19.1. The molecule has 3 rings (SSSR count). The molecule has 2 aliphatic rings. The lowest BCUT2D eigenvalue weighted by atomic mass is 9.93. The van der Waals surface area contributed by atoms with Crippen molar-refractivity contribution in [2.24, 2.45) is 5.92 Å². The Labute approximate surface area is 165 Å². The summed E-state index contributed by atoms with van der Waals surface area (Å²) in [5.74, 6) is -0.349. The largest absolute Gasteiger partial charge is 0.481 e. The summed E-state index contributed by atoms with van der Waals surface area (Å²) in [5, 5.41) is 8.85. The van der Waals surface area contributed by atoms with Crippen molar-refractivity contribution in [2.45, 2.75) is 32.1 Å². The lowest BCUT2D eigenvalue weighted by Gasteiger charge is -2.37. The molecular formula is C21H30FN3O3. The van der Waals surface area contributed by atoms with E-state index in [2.05, 4.69) is 9.80 Å². The first-order valence-electron chi connectivity index (χ1n) is 10.2. The number of hydrogen-bond acceptors (Lipinski definition) is 4. The number of benzene rings is 1. The summed E-state index contributed by atoms with van der Waals surface area (Å²) in [6.07, 6.45) is 3.64. The molecule has 0 radical (unpaired) electrons. The van der Waals surface area contributed by atoms with Gasteiger partial charge in [-0.05, 0) is 56.0 Å². The van der Waals surface area contributed by atoms with Crippen molar-refractivity contribution >= 4 is 17.6 Å². The molecule has 1 amide bonds.